The summed E-state index contributed by atoms with van der Waals surface area (Å²) >= 11 is 0. The number of nitrogens with zero attached hydrogens (tertiary/aromatic N) is 1. The maximum Gasteiger partial charge on any atom is 0.324 e. The smallest absolute Gasteiger partial charge is 0.324 e. The first-order valence-corrected chi connectivity index (χ1v) is 6.47. The number of nitrogens with one attached hydrogen (secondary N) is 1. The zero-order valence-electron chi connectivity index (χ0n) is 9.69. The van der Waals surface area contributed by atoms with Crippen LogP contribution in [0.1, 0.15) is 0 Å². The molecule has 0 aliphatic rings. The number of sulfonamides is 1. The minimum absolute atomic E-state index is 0.452. The summed E-state index contributed by atoms with van der Waals surface area (Å²) in [6.45, 7) is -1.06. The molecule has 3 N–H and O–H groups in total. The van der Waals surface area contributed by atoms with E-state index in [9.17, 15) is 27.7 Å². The second-order valence-corrected chi connectivity index (χ2v) is 5.25. The number of aliphatic carboxylic acids is 1. The molecule has 0 bridgehead atoms. The molecule has 1 atom stereocenters. The predicted molar refractivity (Wildman–Crippen MR) is 61.9 cm³/mol. The van der Waals surface area contributed by atoms with Crippen molar-refractivity contribution in [2.24, 2.45) is 0 Å². The second-order valence-electron chi connectivity index (χ2n) is 3.57. The van der Waals surface area contributed by atoms with Crippen molar-refractivity contribution >= 4 is 21.7 Å². The lowest BCUT2D eigenvalue weighted by Crippen LogP contribution is -2.43. The van der Waals surface area contributed by atoms with Gasteiger partial charge in [-0.1, -0.05) is 0 Å². The van der Waals surface area contributed by atoms with Crippen LogP contribution in [0.15, 0.2) is 23.1 Å². The molecule has 0 saturated heterocycles. The SMILES string of the molecule is O=C(O)[C@H](CO)NS(=O)(=O)c1cc([N+](=O)[O-])ccc1F. The number of rotatable bonds is 6. The normalized spacial score (nSPS) is 12.9. The molecule has 0 spiro atoms. The van der Waals surface area contributed by atoms with Crippen molar-refractivity contribution in [3.63, 3.8) is 0 Å². The van der Waals surface area contributed by atoms with Gasteiger partial charge in [-0.05, 0) is 6.07 Å². The van der Waals surface area contributed by atoms with Gasteiger partial charge in [-0.25, -0.2) is 12.8 Å². The summed E-state index contributed by atoms with van der Waals surface area (Å²) in [5.74, 6) is -2.97. The van der Waals surface area contributed by atoms with Crippen LogP contribution in [0.3, 0.4) is 0 Å². The molecule has 11 heteroatoms. The Balaban J connectivity index is 3.24. The number of benzene rings is 1. The molecule has 0 fully saturated rings. The Labute approximate surface area is 111 Å². The van der Waals surface area contributed by atoms with Gasteiger partial charge in [0.2, 0.25) is 10.0 Å². The predicted octanol–water partition coefficient (Wildman–Crippen LogP) is -0.542. The van der Waals surface area contributed by atoms with Crippen LogP contribution in [0.5, 0.6) is 0 Å². The van der Waals surface area contributed by atoms with Crippen LogP contribution in [0.25, 0.3) is 0 Å². The highest BCUT2D eigenvalue weighted by atomic mass is 32.2. The monoisotopic (exact) mass is 308 g/mol. The Kier molecular flexibility index (Phi) is 4.70. The molecular weight excluding hydrogens is 299 g/mol. The average Bonchev–Trinajstić information content (AvgIpc) is 2.35. The van der Waals surface area contributed by atoms with Crippen LogP contribution < -0.4 is 4.72 Å². The van der Waals surface area contributed by atoms with Crippen molar-refractivity contribution in [1.29, 1.82) is 0 Å². The molecule has 0 aliphatic carbocycles. The zero-order chi connectivity index (χ0) is 15.5. The molecule has 0 amide bonds. The van der Waals surface area contributed by atoms with Gasteiger partial charge >= 0.3 is 5.97 Å². The molecule has 9 nitrogen and oxygen atoms in total. The van der Waals surface area contributed by atoms with E-state index in [1.807, 2.05) is 0 Å². The third-order valence-electron chi connectivity index (χ3n) is 2.19. The Bertz CT molecular complexity index is 646. The fourth-order valence-corrected chi connectivity index (χ4v) is 2.51. The van der Waals surface area contributed by atoms with Gasteiger partial charge in [0.15, 0.2) is 0 Å². The first kappa shape index (κ1) is 15.9. The molecule has 0 aromatic heterocycles. The van der Waals surface area contributed by atoms with E-state index in [2.05, 4.69) is 0 Å². The average molecular weight is 308 g/mol. The fourth-order valence-electron chi connectivity index (χ4n) is 1.23. The Morgan fingerprint density at radius 2 is 2.10 bits per heavy atom. The number of carboxylic acids is 1. The minimum atomic E-state index is -4.67. The van der Waals surface area contributed by atoms with Gasteiger partial charge in [-0.15, -0.1) is 0 Å². The number of carboxylic acid groups (broad SMARTS) is 1. The number of nitro groups is 1. The summed E-state index contributed by atoms with van der Waals surface area (Å²) in [5, 5.41) is 27.8. The van der Waals surface area contributed by atoms with Gasteiger partial charge in [-0.2, -0.15) is 4.72 Å². The molecule has 0 aliphatic heterocycles. The van der Waals surface area contributed by atoms with E-state index in [4.69, 9.17) is 10.2 Å². The van der Waals surface area contributed by atoms with E-state index in [0.717, 1.165) is 6.07 Å². The minimum Gasteiger partial charge on any atom is -0.480 e. The van der Waals surface area contributed by atoms with Gasteiger partial charge in [0.05, 0.1) is 11.5 Å². The number of halogens is 1. The fraction of sp³-hybridized carbons (Fsp3) is 0.222. The zero-order valence-corrected chi connectivity index (χ0v) is 10.5. The van der Waals surface area contributed by atoms with Crippen LogP contribution in [-0.2, 0) is 14.8 Å². The molecule has 110 valence electrons. The van der Waals surface area contributed by atoms with Crippen molar-refractivity contribution < 1.29 is 32.7 Å². The van der Waals surface area contributed by atoms with E-state index in [1.54, 1.807) is 0 Å². The Morgan fingerprint density at radius 3 is 2.55 bits per heavy atom. The summed E-state index contributed by atoms with van der Waals surface area (Å²) < 4.78 is 38.5. The number of hydrogen-bond acceptors (Lipinski definition) is 6. The van der Waals surface area contributed by atoms with E-state index in [0.29, 0.717) is 12.1 Å². The Morgan fingerprint density at radius 1 is 1.50 bits per heavy atom. The number of aliphatic hydroxyl groups is 1. The van der Waals surface area contributed by atoms with Crippen LogP contribution in [-0.4, -0.2) is 42.2 Å². The van der Waals surface area contributed by atoms with Crippen molar-refractivity contribution in [2.75, 3.05) is 6.61 Å². The molecule has 1 rings (SSSR count). The maximum absolute atomic E-state index is 13.4. The summed E-state index contributed by atoms with van der Waals surface area (Å²) in [7, 11) is -4.67. The number of carbonyl (C=O) groups is 1. The lowest BCUT2D eigenvalue weighted by Gasteiger charge is -2.12. The number of aliphatic hydroxyl groups excluding tert-OH is 1. The molecule has 0 saturated carbocycles. The molecule has 0 heterocycles. The lowest BCUT2D eigenvalue weighted by molar-refractivity contribution is -0.385. The largest absolute Gasteiger partial charge is 0.480 e. The molecule has 1 aromatic rings. The van der Waals surface area contributed by atoms with Crippen molar-refractivity contribution in [3.8, 4) is 0 Å². The number of nitro benzene ring substituents is 1. The van der Waals surface area contributed by atoms with E-state index in [1.165, 1.54) is 4.72 Å². The highest BCUT2D eigenvalue weighted by molar-refractivity contribution is 7.89. The van der Waals surface area contributed by atoms with E-state index in [-0.39, 0.29) is 0 Å². The first-order valence-electron chi connectivity index (χ1n) is 4.99. The summed E-state index contributed by atoms with van der Waals surface area (Å²) in [4.78, 5) is 19.1. The van der Waals surface area contributed by atoms with Gasteiger partial charge in [0.25, 0.3) is 5.69 Å². The summed E-state index contributed by atoms with van der Waals surface area (Å²) in [6.07, 6.45) is 0. The lowest BCUT2D eigenvalue weighted by atomic mass is 10.3. The van der Waals surface area contributed by atoms with E-state index < -0.39 is 50.0 Å². The Hall–Kier alpha value is -2.11. The topological polar surface area (TPSA) is 147 Å². The van der Waals surface area contributed by atoms with Crippen LogP contribution >= 0.6 is 0 Å². The number of non-ortho nitro benzene ring substituents is 1. The van der Waals surface area contributed by atoms with Gasteiger partial charge in [-0.3, -0.25) is 14.9 Å². The van der Waals surface area contributed by atoms with Gasteiger partial charge in [0.1, 0.15) is 16.8 Å². The highest BCUT2D eigenvalue weighted by Crippen LogP contribution is 2.21. The molecule has 1 aromatic carbocycles. The maximum atomic E-state index is 13.4. The van der Waals surface area contributed by atoms with Crippen molar-refractivity contribution in [3.05, 3.63) is 34.1 Å². The van der Waals surface area contributed by atoms with Gasteiger partial charge < -0.3 is 10.2 Å². The molecule has 0 unspecified atom stereocenters. The van der Waals surface area contributed by atoms with Crippen LogP contribution in [0.4, 0.5) is 10.1 Å². The molecule has 0 radical (unpaired) electrons. The molecule has 20 heavy (non-hydrogen) atoms. The van der Waals surface area contributed by atoms with E-state index >= 15 is 0 Å². The van der Waals surface area contributed by atoms with Crippen LogP contribution in [0, 0.1) is 15.9 Å². The first-order chi connectivity index (χ1) is 9.19. The summed E-state index contributed by atoms with van der Waals surface area (Å²) in [6, 6.07) is -0.108. The van der Waals surface area contributed by atoms with Crippen LogP contribution in [0.2, 0.25) is 0 Å². The second kappa shape index (κ2) is 5.90. The highest BCUT2D eigenvalue weighted by Gasteiger charge is 2.28. The quantitative estimate of drug-likeness (QED) is 0.472. The van der Waals surface area contributed by atoms with Gasteiger partial charge in [0, 0.05) is 12.1 Å². The van der Waals surface area contributed by atoms with Crippen molar-refractivity contribution in [2.45, 2.75) is 10.9 Å². The summed E-state index contributed by atoms with van der Waals surface area (Å²) in [5.41, 5.74) is -0.678. The standard InChI is InChI=1S/C9H9FN2O7S/c10-6-2-1-5(12(16)17)3-8(6)20(18,19)11-7(4-13)9(14)15/h1-3,7,11,13H,4H2,(H,14,15)/t7-/m0/s1. The number of hydrogen-bond donors (Lipinski definition) is 3. The third kappa shape index (κ3) is 3.46. The van der Waals surface area contributed by atoms with Crippen molar-refractivity contribution in [1.82, 2.24) is 4.72 Å². The third-order valence-corrected chi connectivity index (χ3v) is 3.68. The molecular formula is C9H9FN2O7S.